The summed E-state index contributed by atoms with van der Waals surface area (Å²) in [4.78, 5) is 16.5. The molecule has 0 saturated carbocycles. The maximum atomic E-state index is 12.4. The lowest BCUT2D eigenvalue weighted by Gasteiger charge is -2.07. The number of carbonyl (C=O) groups excluding carboxylic acids is 1. The van der Waals surface area contributed by atoms with Crippen LogP contribution in [0.3, 0.4) is 0 Å². The number of nitrogens with zero attached hydrogens (tertiary/aromatic N) is 1. The Morgan fingerprint density at radius 2 is 1.78 bits per heavy atom. The molecule has 0 unspecified atom stereocenters. The highest BCUT2D eigenvalue weighted by Crippen LogP contribution is 2.21. The van der Waals surface area contributed by atoms with Crippen LogP contribution in [-0.2, 0) is 0 Å². The first-order valence-corrected chi connectivity index (χ1v) is 7.58. The van der Waals surface area contributed by atoms with E-state index in [1.807, 2.05) is 37.3 Å². The van der Waals surface area contributed by atoms with Crippen LogP contribution in [-0.4, -0.2) is 10.9 Å². The predicted molar refractivity (Wildman–Crippen MR) is 93.8 cm³/mol. The van der Waals surface area contributed by atoms with Crippen LogP contribution in [0.4, 0.5) is 5.69 Å². The molecule has 1 amide bonds. The number of pyridine rings is 1. The first-order valence-electron chi connectivity index (χ1n) is 7.21. The zero-order valence-corrected chi connectivity index (χ0v) is 13.3. The highest BCUT2D eigenvalue weighted by atomic mass is 35.5. The van der Waals surface area contributed by atoms with E-state index in [9.17, 15) is 4.79 Å². The second-order valence-corrected chi connectivity index (χ2v) is 5.73. The van der Waals surface area contributed by atoms with E-state index in [0.29, 0.717) is 16.3 Å². The molecule has 0 spiro atoms. The lowest BCUT2D eigenvalue weighted by molar-refractivity contribution is 0.102. The Balaban J connectivity index is 1.84. The van der Waals surface area contributed by atoms with Crippen molar-refractivity contribution in [2.75, 3.05) is 5.32 Å². The fraction of sp³-hybridized carbons (Fsp3) is 0.0526. The van der Waals surface area contributed by atoms with Gasteiger partial charge in [-0.05, 0) is 36.8 Å². The highest BCUT2D eigenvalue weighted by Gasteiger charge is 2.09. The molecule has 1 aromatic heterocycles. The van der Waals surface area contributed by atoms with Crippen LogP contribution < -0.4 is 5.32 Å². The number of halogens is 1. The summed E-state index contributed by atoms with van der Waals surface area (Å²) >= 11 is 5.93. The van der Waals surface area contributed by atoms with Crippen molar-refractivity contribution in [2.24, 2.45) is 0 Å². The standard InChI is InChI=1S/C19H15ClN2O/c1-13-5-7-14(8-6-13)15-9-16(12-21-11-15)19(23)22-18-4-2-3-17(20)10-18/h2-12H,1H3,(H,22,23). The van der Waals surface area contributed by atoms with Gasteiger partial charge in [-0.3, -0.25) is 9.78 Å². The van der Waals surface area contributed by atoms with Gasteiger partial charge in [0.2, 0.25) is 0 Å². The van der Waals surface area contributed by atoms with Gasteiger partial charge in [0.1, 0.15) is 0 Å². The van der Waals surface area contributed by atoms with Gasteiger partial charge in [-0.2, -0.15) is 0 Å². The van der Waals surface area contributed by atoms with Gasteiger partial charge in [0, 0.05) is 28.7 Å². The minimum absolute atomic E-state index is 0.214. The molecule has 0 bridgehead atoms. The molecular formula is C19H15ClN2O. The Morgan fingerprint density at radius 1 is 1.00 bits per heavy atom. The molecule has 3 nitrogen and oxygen atoms in total. The molecule has 0 fully saturated rings. The molecule has 3 aromatic rings. The van der Waals surface area contributed by atoms with Crippen LogP contribution in [0.25, 0.3) is 11.1 Å². The topological polar surface area (TPSA) is 42.0 Å². The van der Waals surface area contributed by atoms with Crippen molar-refractivity contribution in [3.63, 3.8) is 0 Å². The summed E-state index contributed by atoms with van der Waals surface area (Å²) in [7, 11) is 0. The quantitative estimate of drug-likeness (QED) is 0.740. The van der Waals surface area contributed by atoms with Crippen molar-refractivity contribution in [3.05, 3.63) is 83.1 Å². The summed E-state index contributed by atoms with van der Waals surface area (Å²) in [6, 6.07) is 17.0. The van der Waals surface area contributed by atoms with Gasteiger partial charge in [0.05, 0.1) is 5.56 Å². The highest BCUT2D eigenvalue weighted by molar-refractivity contribution is 6.30. The van der Waals surface area contributed by atoms with E-state index in [0.717, 1.165) is 11.1 Å². The summed E-state index contributed by atoms with van der Waals surface area (Å²) in [6.07, 6.45) is 3.30. The summed E-state index contributed by atoms with van der Waals surface area (Å²) in [5.74, 6) is -0.214. The number of amides is 1. The van der Waals surface area contributed by atoms with Crippen LogP contribution in [0.15, 0.2) is 67.0 Å². The number of aryl methyl sites for hydroxylation is 1. The third-order valence-electron chi connectivity index (χ3n) is 3.47. The number of rotatable bonds is 3. The molecular weight excluding hydrogens is 308 g/mol. The molecule has 0 aliphatic heterocycles. The molecule has 114 valence electrons. The number of carbonyl (C=O) groups is 1. The SMILES string of the molecule is Cc1ccc(-c2cncc(C(=O)Nc3cccc(Cl)c3)c2)cc1. The first kappa shape index (κ1) is 15.3. The zero-order chi connectivity index (χ0) is 16.2. The minimum atomic E-state index is -0.214. The predicted octanol–water partition coefficient (Wildman–Crippen LogP) is 4.96. The Kier molecular flexibility index (Phi) is 4.40. The fourth-order valence-corrected chi connectivity index (χ4v) is 2.43. The second kappa shape index (κ2) is 6.63. The van der Waals surface area contributed by atoms with Gasteiger partial charge in [-0.1, -0.05) is 47.5 Å². The van der Waals surface area contributed by atoms with Crippen molar-refractivity contribution in [1.29, 1.82) is 0 Å². The van der Waals surface area contributed by atoms with E-state index in [2.05, 4.69) is 10.3 Å². The summed E-state index contributed by atoms with van der Waals surface area (Å²) in [6.45, 7) is 2.04. The number of hydrogen-bond donors (Lipinski definition) is 1. The van der Waals surface area contributed by atoms with E-state index >= 15 is 0 Å². The Hall–Kier alpha value is -2.65. The Morgan fingerprint density at radius 3 is 2.52 bits per heavy atom. The molecule has 0 aliphatic carbocycles. The third kappa shape index (κ3) is 3.76. The van der Waals surface area contributed by atoms with Gasteiger partial charge in [0.15, 0.2) is 0 Å². The average Bonchev–Trinajstić information content (AvgIpc) is 2.56. The van der Waals surface area contributed by atoms with Crippen LogP contribution in [0.2, 0.25) is 5.02 Å². The monoisotopic (exact) mass is 322 g/mol. The molecule has 0 aliphatic rings. The zero-order valence-electron chi connectivity index (χ0n) is 12.6. The van der Waals surface area contributed by atoms with Gasteiger partial charge in [-0.25, -0.2) is 0 Å². The number of aromatic nitrogens is 1. The number of hydrogen-bond acceptors (Lipinski definition) is 2. The maximum absolute atomic E-state index is 12.4. The molecule has 1 N–H and O–H groups in total. The number of anilines is 1. The van der Waals surface area contributed by atoms with E-state index in [1.54, 1.807) is 36.7 Å². The van der Waals surface area contributed by atoms with Gasteiger partial charge in [0.25, 0.3) is 5.91 Å². The molecule has 1 heterocycles. The lowest BCUT2D eigenvalue weighted by Crippen LogP contribution is -2.12. The third-order valence-corrected chi connectivity index (χ3v) is 3.70. The van der Waals surface area contributed by atoms with Gasteiger partial charge in [-0.15, -0.1) is 0 Å². The number of benzene rings is 2. The average molecular weight is 323 g/mol. The van der Waals surface area contributed by atoms with E-state index in [1.165, 1.54) is 5.56 Å². The molecule has 2 aromatic carbocycles. The van der Waals surface area contributed by atoms with Gasteiger partial charge >= 0.3 is 0 Å². The molecule has 0 atom stereocenters. The molecule has 23 heavy (non-hydrogen) atoms. The smallest absolute Gasteiger partial charge is 0.257 e. The van der Waals surface area contributed by atoms with E-state index in [-0.39, 0.29) is 5.91 Å². The Labute approximate surface area is 140 Å². The minimum Gasteiger partial charge on any atom is -0.322 e. The van der Waals surface area contributed by atoms with E-state index < -0.39 is 0 Å². The second-order valence-electron chi connectivity index (χ2n) is 5.29. The fourth-order valence-electron chi connectivity index (χ4n) is 2.24. The lowest BCUT2D eigenvalue weighted by atomic mass is 10.0. The van der Waals surface area contributed by atoms with Crippen LogP contribution in [0.1, 0.15) is 15.9 Å². The van der Waals surface area contributed by atoms with Crippen molar-refractivity contribution in [3.8, 4) is 11.1 Å². The maximum Gasteiger partial charge on any atom is 0.257 e. The normalized spacial score (nSPS) is 10.3. The van der Waals surface area contributed by atoms with E-state index in [4.69, 9.17) is 11.6 Å². The van der Waals surface area contributed by atoms with Crippen LogP contribution >= 0.6 is 11.6 Å². The van der Waals surface area contributed by atoms with Crippen molar-refractivity contribution >= 4 is 23.2 Å². The molecule has 0 saturated heterocycles. The summed E-state index contributed by atoms with van der Waals surface area (Å²) in [5, 5.41) is 3.40. The van der Waals surface area contributed by atoms with Gasteiger partial charge < -0.3 is 5.32 Å². The molecule has 4 heteroatoms. The van der Waals surface area contributed by atoms with Crippen LogP contribution in [0.5, 0.6) is 0 Å². The Bertz CT molecular complexity index is 844. The summed E-state index contributed by atoms with van der Waals surface area (Å²) < 4.78 is 0. The van der Waals surface area contributed by atoms with Crippen molar-refractivity contribution < 1.29 is 4.79 Å². The number of nitrogens with one attached hydrogen (secondary N) is 1. The van der Waals surface area contributed by atoms with Crippen molar-refractivity contribution in [1.82, 2.24) is 4.98 Å². The molecule has 3 rings (SSSR count). The first-order chi connectivity index (χ1) is 11.1. The molecule has 0 radical (unpaired) electrons. The van der Waals surface area contributed by atoms with Crippen LogP contribution in [0, 0.1) is 6.92 Å². The largest absolute Gasteiger partial charge is 0.322 e. The van der Waals surface area contributed by atoms with Crippen molar-refractivity contribution in [2.45, 2.75) is 6.92 Å². The summed E-state index contributed by atoms with van der Waals surface area (Å²) in [5.41, 5.74) is 4.28.